The molecular weight excluding hydrogens is 148 g/mol. The van der Waals surface area contributed by atoms with Crippen molar-refractivity contribution < 1.29 is 21.9 Å². The summed E-state index contributed by atoms with van der Waals surface area (Å²) >= 11 is 0. The summed E-state index contributed by atoms with van der Waals surface area (Å²) < 4.78 is 31.0. The maximum absolute atomic E-state index is 9.99. The van der Waals surface area contributed by atoms with Gasteiger partial charge in [0, 0.05) is 0 Å². The molecule has 0 radical (unpaired) electrons. The minimum absolute atomic E-state index is 0.465. The summed E-state index contributed by atoms with van der Waals surface area (Å²) in [7, 11) is -4.44. The Bertz CT molecular complexity index is 190. The monoisotopic (exact) mass is 154 g/mol. The van der Waals surface area contributed by atoms with Crippen LogP contribution in [0.2, 0.25) is 0 Å². The molecule has 0 saturated heterocycles. The molecule has 9 heavy (non-hydrogen) atoms. The van der Waals surface area contributed by atoms with E-state index < -0.39 is 22.8 Å². The van der Waals surface area contributed by atoms with E-state index >= 15 is 0 Å². The first kappa shape index (κ1) is 8.54. The molecule has 0 aromatic heterocycles. The molecule has 0 spiro atoms. The largest absolute Gasteiger partial charge is 0.397 e. The van der Waals surface area contributed by atoms with Gasteiger partial charge in [-0.05, 0) is 6.92 Å². The van der Waals surface area contributed by atoms with Crippen molar-refractivity contribution in [2.75, 3.05) is 6.61 Å². The second-order valence-electron chi connectivity index (χ2n) is 1.39. The van der Waals surface area contributed by atoms with Gasteiger partial charge in [0.25, 0.3) is 0 Å². The normalized spacial score (nSPS) is 11.3. The quantitative estimate of drug-likeness (QED) is 0.548. The molecule has 0 aromatic rings. The van der Waals surface area contributed by atoms with Crippen LogP contribution in [0.3, 0.4) is 0 Å². The van der Waals surface area contributed by atoms with Crippen LogP contribution in [-0.2, 0) is 19.4 Å². The van der Waals surface area contributed by atoms with Crippen LogP contribution < -0.4 is 0 Å². The Kier molecular flexibility index (Phi) is 2.75. The van der Waals surface area contributed by atoms with Gasteiger partial charge in [0.1, 0.15) is 6.61 Å². The van der Waals surface area contributed by atoms with E-state index in [1.165, 1.54) is 0 Å². The molecule has 0 atom stereocenters. The Labute approximate surface area is 52.6 Å². The average Bonchev–Trinajstić information content (AvgIpc) is 1.59. The lowest BCUT2D eigenvalue weighted by molar-refractivity contribution is -0.119. The van der Waals surface area contributed by atoms with Gasteiger partial charge in [-0.25, -0.2) is 4.18 Å². The van der Waals surface area contributed by atoms with Crippen molar-refractivity contribution in [1.29, 1.82) is 0 Å². The molecule has 1 N–H and O–H groups in total. The summed E-state index contributed by atoms with van der Waals surface area (Å²) in [5, 5.41) is 0. The number of carbonyl (C=O) groups is 1. The number of ketones is 1. The van der Waals surface area contributed by atoms with Gasteiger partial charge in [-0.2, -0.15) is 8.42 Å². The molecule has 0 aliphatic rings. The minimum Gasteiger partial charge on any atom is -0.297 e. The van der Waals surface area contributed by atoms with Crippen LogP contribution in [0.5, 0.6) is 0 Å². The molecular formula is C3H6O5S. The van der Waals surface area contributed by atoms with E-state index in [1.807, 2.05) is 0 Å². The van der Waals surface area contributed by atoms with Crippen LogP contribution >= 0.6 is 0 Å². The fraction of sp³-hybridized carbons (Fsp3) is 0.667. The Morgan fingerprint density at radius 1 is 1.67 bits per heavy atom. The number of Topliss-reactive ketones (excluding diaryl/α,β-unsaturated/α-hetero) is 1. The Balaban J connectivity index is 3.67. The highest BCUT2D eigenvalue weighted by molar-refractivity contribution is 7.80. The van der Waals surface area contributed by atoms with E-state index in [9.17, 15) is 13.2 Å². The van der Waals surface area contributed by atoms with Crippen LogP contribution in [0.15, 0.2) is 0 Å². The van der Waals surface area contributed by atoms with Gasteiger partial charge in [-0.1, -0.05) is 0 Å². The summed E-state index contributed by atoms with van der Waals surface area (Å²) in [5.41, 5.74) is 0. The highest BCUT2D eigenvalue weighted by atomic mass is 32.3. The van der Waals surface area contributed by atoms with Crippen molar-refractivity contribution in [2.24, 2.45) is 0 Å². The van der Waals surface area contributed by atoms with E-state index in [0.29, 0.717) is 0 Å². The molecule has 0 bridgehead atoms. The lowest BCUT2D eigenvalue weighted by atomic mass is 10.5. The molecule has 0 aliphatic carbocycles. The third kappa shape index (κ3) is 7.54. The first-order chi connectivity index (χ1) is 3.92. The lowest BCUT2D eigenvalue weighted by Gasteiger charge is -1.92. The molecule has 0 aromatic carbocycles. The average molecular weight is 154 g/mol. The highest BCUT2D eigenvalue weighted by Gasteiger charge is 2.04. The van der Waals surface area contributed by atoms with Gasteiger partial charge < -0.3 is 0 Å². The Morgan fingerprint density at radius 3 is 2.22 bits per heavy atom. The summed E-state index contributed by atoms with van der Waals surface area (Å²) in [4.78, 5) is 9.99. The van der Waals surface area contributed by atoms with E-state index in [-0.39, 0.29) is 0 Å². The summed E-state index contributed by atoms with van der Waals surface area (Å²) in [6, 6.07) is 0. The van der Waals surface area contributed by atoms with E-state index in [0.717, 1.165) is 6.92 Å². The number of hydrogen-bond acceptors (Lipinski definition) is 4. The molecule has 0 rings (SSSR count). The Morgan fingerprint density at radius 2 is 2.11 bits per heavy atom. The molecule has 0 heterocycles. The number of rotatable bonds is 3. The van der Waals surface area contributed by atoms with Crippen LogP contribution in [0.1, 0.15) is 6.92 Å². The van der Waals surface area contributed by atoms with Crippen molar-refractivity contribution in [1.82, 2.24) is 0 Å². The topological polar surface area (TPSA) is 80.7 Å². The second-order valence-corrected chi connectivity index (χ2v) is 2.48. The lowest BCUT2D eigenvalue weighted by Crippen LogP contribution is -2.10. The maximum Gasteiger partial charge on any atom is 0.397 e. The predicted molar refractivity (Wildman–Crippen MR) is 28.2 cm³/mol. The molecule has 0 aliphatic heterocycles. The van der Waals surface area contributed by atoms with Gasteiger partial charge in [0.05, 0.1) is 0 Å². The standard InChI is InChI=1S/C3H6O5S/c1-3(4)2-8-9(5,6)7/h2H2,1H3,(H,5,6,7). The van der Waals surface area contributed by atoms with Crippen molar-refractivity contribution >= 4 is 16.2 Å². The van der Waals surface area contributed by atoms with E-state index in [4.69, 9.17) is 4.55 Å². The smallest absolute Gasteiger partial charge is 0.297 e. The van der Waals surface area contributed by atoms with Crippen LogP contribution in [0.4, 0.5) is 0 Å². The first-order valence-corrected chi connectivity index (χ1v) is 3.39. The predicted octanol–water partition coefficient (Wildman–Crippen LogP) is -0.605. The molecule has 6 heteroatoms. The number of hydrogen-bond donors (Lipinski definition) is 1. The summed E-state index contributed by atoms with van der Waals surface area (Å²) in [5.74, 6) is -0.465. The molecule has 0 saturated carbocycles. The van der Waals surface area contributed by atoms with Gasteiger partial charge in [-0.15, -0.1) is 0 Å². The van der Waals surface area contributed by atoms with Crippen molar-refractivity contribution in [3.05, 3.63) is 0 Å². The molecule has 0 amide bonds. The first-order valence-electron chi connectivity index (χ1n) is 2.03. The maximum atomic E-state index is 9.99. The zero-order valence-electron chi connectivity index (χ0n) is 4.70. The van der Waals surface area contributed by atoms with Crippen molar-refractivity contribution in [3.63, 3.8) is 0 Å². The minimum atomic E-state index is -4.44. The van der Waals surface area contributed by atoms with E-state index in [2.05, 4.69) is 4.18 Å². The van der Waals surface area contributed by atoms with Crippen LogP contribution in [0, 0.1) is 0 Å². The van der Waals surface area contributed by atoms with Gasteiger partial charge in [0.2, 0.25) is 0 Å². The van der Waals surface area contributed by atoms with Gasteiger partial charge >= 0.3 is 10.4 Å². The molecule has 0 unspecified atom stereocenters. The van der Waals surface area contributed by atoms with Crippen molar-refractivity contribution in [2.45, 2.75) is 6.92 Å². The van der Waals surface area contributed by atoms with Gasteiger partial charge in [0.15, 0.2) is 5.78 Å². The highest BCUT2D eigenvalue weighted by Crippen LogP contribution is 1.84. The zero-order chi connectivity index (χ0) is 7.49. The fourth-order valence-corrected chi connectivity index (χ4v) is 0.472. The SMILES string of the molecule is CC(=O)COS(=O)(=O)O. The molecule has 0 fully saturated rings. The second kappa shape index (κ2) is 2.90. The van der Waals surface area contributed by atoms with E-state index in [1.54, 1.807) is 0 Å². The fourth-order valence-electron chi connectivity index (χ4n) is 0.157. The van der Waals surface area contributed by atoms with Crippen LogP contribution in [0.25, 0.3) is 0 Å². The Hall–Kier alpha value is -0.460. The third-order valence-electron chi connectivity index (χ3n) is 0.411. The van der Waals surface area contributed by atoms with Crippen LogP contribution in [-0.4, -0.2) is 25.4 Å². The van der Waals surface area contributed by atoms with Gasteiger partial charge in [-0.3, -0.25) is 9.35 Å². The summed E-state index contributed by atoms with van der Waals surface area (Å²) in [6.07, 6.45) is 0. The number of carbonyl (C=O) groups excluding carboxylic acids is 1. The molecule has 5 nitrogen and oxygen atoms in total. The third-order valence-corrected chi connectivity index (χ3v) is 0.827. The van der Waals surface area contributed by atoms with Crippen molar-refractivity contribution in [3.8, 4) is 0 Å². The molecule has 54 valence electrons. The zero-order valence-corrected chi connectivity index (χ0v) is 5.51. The summed E-state index contributed by atoms with van der Waals surface area (Å²) in [6.45, 7) is 0.532.